The SMILES string of the molecule is COc1cc(F)ccc1C1CC1COc1ccn2c(CC3CC3)nnc2c1C(F)(F)F. The summed E-state index contributed by atoms with van der Waals surface area (Å²) in [5.41, 5.74) is -0.291. The van der Waals surface area contributed by atoms with Gasteiger partial charge in [0.25, 0.3) is 0 Å². The Balaban J connectivity index is 1.36. The highest BCUT2D eigenvalue weighted by atomic mass is 19.4. The van der Waals surface area contributed by atoms with E-state index in [4.69, 9.17) is 9.47 Å². The standard InChI is InChI=1S/C22H21F4N3O2/c1-30-18-10-14(23)4-5-15(18)16-9-13(16)11-31-17-6-7-29-19(8-12-2-3-12)27-28-21(29)20(17)22(24,25)26/h4-7,10,12-13,16H,2-3,8-9,11H2,1H3. The monoisotopic (exact) mass is 435 g/mol. The molecule has 9 heteroatoms. The van der Waals surface area contributed by atoms with E-state index < -0.39 is 17.6 Å². The third-order valence-electron chi connectivity index (χ3n) is 6.03. The molecule has 3 aromatic rings. The summed E-state index contributed by atoms with van der Waals surface area (Å²) in [6.07, 6.45) is 0.438. The average Bonchev–Trinajstić information content (AvgIpc) is 3.64. The van der Waals surface area contributed by atoms with E-state index in [1.54, 1.807) is 12.3 Å². The van der Waals surface area contributed by atoms with E-state index in [0.717, 1.165) is 24.8 Å². The van der Waals surface area contributed by atoms with E-state index in [1.807, 2.05) is 0 Å². The van der Waals surface area contributed by atoms with Crippen LogP contribution in [0.5, 0.6) is 11.5 Å². The van der Waals surface area contributed by atoms with Crippen LogP contribution in [0.1, 0.15) is 42.1 Å². The lowest BCUT2D eigenvalue weighted by molar-refractivity contribution is -0.138. The number of ether oxygens (including phenoxy) is 2. The molecule has 2 unspecified atom stereocenters. The minimum absolute atomic E-state index is 0.0277. The van der Waals surface area contributed by atoms with E-state index in [-0.39, 0.29) is 29.8 Å². The third kappa shape index (κ3) is 3.93. The van der Waals surface area contributed by atoms with Crippen molar-refractivity contribution in [3.63, 3.8) is 0 Å². The Morgan fingerprint density at radius 3 is 2.65 bits per heavy atom. The van der Waals surface area contributed by atoms with Crippen molar-refractivity contribution in [2.75, 3.05) is 13.7 Å². The molecule has 1 aromatic carbocycles. The highest BCUT2D eigenvalue weighted by molar-refractivity contribution is 5.57. The molecule has 2 heterocycles. The molecular formula is C22H21F4N3O2. The van der Waals surface area contributed by atoms with Crippen molar-refractivity contribution < 1.29 is 27.0 Å². The maximum atomic E-state index is 13.9. The van der Waals surface area contributed by atoms with Gasteiger partial charge in [0.2, 0.25) is 0 Å². The molecule has 0 radical (unpaired) electrons. The van der Waals surface area contributed by atoms with Crippen LogP contribution in [0.4, 0.5) is 17.6 Å². The molecule has 2 aromatic heterocycles. The molecule has 2 aliphatic rings. The number of hydrogen-bond donors (Lipinski definition) is 0. The van der Waals surface area contributed by atoms with Crippen LogP contribution in [0.15, 0.2) is 30.5 Å². The number of halogens is 4. The van der Waals surface area contributed by atoms with Gasteiger partial charge in [-0.25, -0.2) is 4.39 Å². The lowest BCUT2D eigenvalue weighted by Crippen LogP contribution is -2.13. The summed E-state index contributed by atoms with van der Waals surface area (Å²) in [5.74, 6) is 0.908. The first-order valence-corrected chi connectivity index (χ1v) is 10.2. The maximum Gasteiger partial charge on any atom is 0.423 e. The molecule has 5 rings (SSSR count). The quantitative estimate of drug-likeness (QED) is 0.489. The minimum atomic E-state index is -4.62. The minimum Gasteiger partial charge on any atom is -0.496 e. The summed E-state index contributed by atoms with van der Waals surface area (Å²) in [5, 5.41) is 7.81. The first-order valence-electron chi connectivity index (χ1n) is 10.2. The Hall–Kier alpha value is -2.84. The summed E-state index contributed by atoms with van der Waals surface area (Å²) >= 11 is 0. The molecule has 164 valence electrons. The van der Waals surface area contributed by atoms with Gasteiger partial charge in [-0.1, -0.05) is 6.07 Å². The van der Waals surface area contributed by atoms with Crippen LogP contribution >= 0.6 is 0 Å². The fourth-order valence-corrected chi connectivity index (χ4v) is 4.09. The van der Waals surface area contributed by atoms with Gasteiger partial charge >= 0.3 is 6.18 Å². The van der Waals surface area contributed by atoms with Crippen molar-refractivity contribution in [2.24, 2.45) is 11.8 Å². The van der Waals surface area contributed by atoms with E-state index >= 15 is 0 Å². The van der Waals surface area contributed by atoms with Crippen molar-refractivity contribution in [1.82, 2.24) is 14.6 Å². The van der Waals surface area contributed by atoms with Crippen molar-refractivity contribution in [2.45, 2.75) is 37.8 Å². The second-order valence-corrected chi connectivity index (χ2v) is 8.31. The average molecular weight is 435 g/mol. The molecular weight excluding hydrogens is 414 g/mol. The molecule has 5 nitrogen and oxygen atoms in total. The molecule has 0 amide bonds. The Kier molecular flexibility index (Phi) is 4.79. The van der Waals surface area contributed by atoms with Gasteiger partial charge in [0, 0.05) is 24.6 Å². The van der Waals surface area contributed by atoms with Gasteiger partial charge < -0.3 is 9.47 Å². The van der Waals surface area contributed by atoms with E-state index in [2.05, 4.69) is 10.2 Å². The predicted molar refractivity (Wildman–Crippen MR) is 104 cm³/mol. The third-order valence-corrected chi connectivity index (χ3v) is 6.03. The van der Waals surface area contributed by atoms with Crippen molar-refractivity contribution >= 4 is 5.65 Å². The molecule has 2 aliphatic carbocycles. The Morgan fingerprint density at radius 1 is 1.13 bits per heavy atom. The van der Waals surface area contributed by atoms with Crippen LogP contribution in [0, 0.1) is 17.7 Å². The molecule has 0 aliphatic heterocycles. The normalized spacial score (nSPS) is 20.8. The lowest BCUT2D eigenvalue weighted by atomic mass is 10.1. The smallest absolute Gasteiger partial charge is 0.423 e. The fraction of sp³-hybridized carbons (Fsp3) is 0.455. The topological polar surface area (TPSA) is 48.7 Å². The number of rotatable bonds is 7. The number of benzene rings is 1. The zero-order valence-electron chi connectivity index (χ0n) is 16.8. The van der Waals surface area contributed by atoms with Crippen LogP contribution < -0.4 is 9.47 Å². The number of methoxy groups -OCH3 is 1. The molecule has 31 heavy (non-hydrogen) atoms. The van der Waals surface area contributed by atoms with Gasteiger partial charge in [-0.15, -0.1) is 10.2 Å². The molecule has 0 N–H and O–H groups in total. The first kappa shape index (κ1) is 20.1. The first-order chi connectivity index (χ1) is 14.8. The molecule has 0 spiro atoms. The zero-order chi connectivity index (χ0) is 21.8. The lowest BCUT2D eigenvalue weighted by Gasteiger charge is -2.15. The summed E-state index contributed by atoms with van der Waals surface area (Å²) in [6.45, 7) is 0.119. The van der Waals surface area contributed by atoms with E-state index in [1.165, 1.54) is 29.7 Å². The largest absolute Gasteiger partial charge is 0.496 e. The van der Waals surface area contributed by atoms with Crippen LogP contribution in [-0.4, -0.2) is 28.3 Å². The number of nitrogens with zero attached hydrogens (tertiary/aromatic N) is 3. The van der Waals surface area contributed by atoms with Gasteiger partial charge in [0.15, 0.2) is 5.65 Å². The number of fused-ring (bicyclic) bond motifs is 1. The summed E-state index contributed by atoms with van der Waals surface area (Å²) in [7, 11) is 1.47. The summed E-state index contributed by atoms with van der Waals surface area (Å²) in [6, 6.07) is 5.66. The van der Waals surface area contributed by atoms with Gasteiger partial charge in [0.1, 0.15) is 28.7 Å². The highest BCUT2D eigenvalue weighted by Gasteiger charge is 2.43. The number of aromatic nitrogens is 3. The second-order valence-electron chi connectivity index (χ2n) is 8.31. The molecule has 2 fully saturated rings. The van der Waals surface area contributed by atoms with E-state index in [0.29, 0.717) is 23.9 Å². The summed E-state index contributed by atoms with van der Waals surface area (Å²) in [4.78, 5) is 0. The fourth-order valence-electron chi connectivity index (χ4n) is 4.09. The molecule has 0 saturated heterocycles. The zero-order valence-corrected chi connectivity index (χ0v) is 16.8. The van der Waals surface area contributed by atoms with Gasteiger partial charge in [-0.05, 0) is 48.8 Å². The Labute approximate surface area is 176 Å². The van der Waals surface area contributed by atoms with Gasteiger partial charge in [-0.2, -0.15) is 13.2 Å². The Morgan fingerprint density at radius 2 is 1.94 bits per heavy atom. The van der Waals surface area contributed by atoms with Gasteiger partial charge in [-0.3, -0.25) is 4.40 Å². The number of alkyl halides is 3. The molecule has 2 atom stereocenters. The van der Waals surface area contributed by atoms with Crippen molar-refractivity contribution in [1.29, 1.82) is 0 Å². The number of pyridine rings is 1. The van der Waals surface area contributed by atoms with Crippen LogP contribution in [0.25, 0.3) is 5.65 Å². The molecule has 0 bridgehead atoms. The second kappa shape index (κ2) is 7.39. The van der Waals surface area contributed by atoms with E-state index in [9.17, 15) is 17.6 Å². The van der Waals surface area contributed by atoms with Crippen molar-refractivity contribution in [3.8, 4) is 11.5 Å². The molecule has 2 saturated carbocycles. The van der Waals surface area contributed by atoms with Crippen LogP contribution in [0.2, 0.25) is 0 Å². The van der Waals surface area contributed by atoms with Gasteiger partial charge in [0.05, 0.1) is 13.7 Å². The van der Waals surface area contributed by atoms with Crippen LogP contribution in [0.3, 0.4) is 0 Å². The highest BCUT2D eigenvalue weighted by Crippen LogP contribution is 2.51. The Bertz CT molecular complexity index is 1120. The number of hydrogen-bond acceptors (Lipinski definition) is 4. The predicted octanol–water partition coefficient (Wildman–Crippen LogP) is 5.03. The van der Waals surface area contributed by atoms with Crippen molar-refractivity contribution in [3.05, 3.63) is 53.2 Å². The maximum absolute atomic E-state index is 13.9. The summed E-state index contributed by atoms with van der Waals surface area (Å²) < 4.78 is 67.3. The van der Waals surface area contributed by atoms with Crippen LogP contribution in [-0.2, 0) is 12.6 Å².